The van der Waals surface area contributed by atoms with Gasteiger partial charge in [-0.2, -0.15) is 0 Å². The van der Waals surface area contributed by atoms with E-state index in [1.165, 1.54) is 0 Å². The van der Waals surface area contributed by atoms with Gasteiger partial charge in [-0.3, -0.25) is 0 Å². The third-order valence-corrected chi connectivity index (χ3v) is 5.58. The van der Waals surface area contributed by atoms with Crippen LogP contribution in [0.3, 0.4) is 0 Å². The molecule has 0 saturated heterocycles. The second-order valence-electron chi connectivity index (χ2n) is 7.84. The quantitative estimate of drug-likeness (QED) is 0.371. The number of ether oxygens (including phenoxy) is 2. The first-order valence-corrected chi connectivity index (χ1v) is 10.8. The van der Waals surface area contributed by atoms with Crippen molar-refractivity contribution in [2.75, 3.05) is 0 Å². The molecule has 3 nitrogen and oxygen atoms in total. The van der Waals surface area contributed by atoms with E-state index in [9.17, 15) is 0 Å². The number of aromatic nitrogens is 1. The van der Waals surface area contributed by atoms with E-state index in [1.807, 2.05) is 60.7 Å². The molecule has 0 atom stereocenters. The molecule has 0 spiro atoms. The van der Waals surface area contributed by atoms with E-state index in [-0.39, 0.29) is 18.9 Å². The van der Waals surface area contributed by atoms with Gasteiger partial charge in [0.05, 0.1) is 0 Å². The molecule has 0 aliphatic rings. The second kappa shape index (κ2) is 10.5. The Bertz CT molecular complexity index is 1310. The molecule has 4 heteroatoms. The Balaban J connectivity index is 0.00000259. The van der Waals surface area contributed by atoms with E-state index in [1.54, 1.807) is 0 Å². The van der Waals surface area contributed by atoms with Gasteiger partial charge in [-0.1, -0.05) is 84.4 Å². The van der Waals surface area contributed by atoms with Crippen LogP contribution in [0.4, 0.5) is 0 Å². The third kappa shape index (κ3) is 5.34. The molecule has 0 N–H and O–H groups in total. The summed E-state index contributed by atoms with van der Waals surface area (Å²) in [5, 5.41) is 1.12. The molecular formula is C29H24LiNO2. The molecule has 0 saturated carbocycles. The number of rotatable bonds is 7. The molecule has 0 radical (unpaired) electrons. The Morgan fingerprint density at radius 2 is 1.18 bits per heavy atom. The Kier molecular flexibility index (Phi) is 7.25. The molecule has 0 bridgehead atoms. The molecule has 1 heterocycles. The zero-order chi connectivity index (χ0) is 21.8. The molecular weight excluding hydrogens is 401 g/mol. The van der Waals surface area contributed by atoms with E-state index < -0.39 is 0 Å². The number of benzene rings is 4. The average Bonchev–Trinajstić information content (AvgIpc) is 3.19. The summed E-state index contributed by atoms with van der Waals surface area (Å²) in [5.74, 6) is 1.70. The van der Waals surface area contributed by atoms with Gasteiger partial charge in [0.1, 0.15) is 24.7 Å². The van der Waals surface area contributed by atoms with E-state index in [2.05, 4.69) is 49.4 Å². The van der Waals surface area contributed by atoms with Crippen molar-refractivity contribution < 1.29 is 28.3 Å². The maximum atomic E-state index is 6.00. The zero-order valence-corrected chi connectivity index (χ0v) is 19.0. The van der Waals surface area contributed by atoms with Crippen molar-refractivity contribution in [3.8, 4) is 22.8 Å². The van der Waals surface area contributed by atoms with Gasteiger partial charge >= 0.3 is 18.9 Å². The molecule has 0 aliphatic carbocycles. The fourth-order valence-corrected chi connectivity index (χ4v) is 3.81. The Labute approximate surface area is 206 Å². The SMILES string of the molecule is Cc1c(-c2ccc(OCc3ccccc3)cc2)[n-]c2ccc(OCc3ccccc3)cc12.[Li+]. The number of nitrogens with zero attached hydrogens (tertiary/aromatic N) is 1. The van der Waals surface area contributed by atoms with Gasteiger partial charge in [0, 0.05) is 0 Å². The van der Waals surface area contributed by atoms with Crippen molar-refractivity contribution >= 4 is 10.9 Å². The van der Waals surface area contributed by atoms with Crippen LogP contribution in [0.15, 0.2) is 103 Å². The standard InChI is InChI=1S/C29H24NO2.Li/c1-21-27-18-26(32-20-23-10-6-3-7-11-23)16-17-28(27)30-29(21)24-12-14-25(15-13-24)31-19-22-8-4-2-5-9-22;/h2-18H,19-20H2,1H3;/q-1;+1. The Morgan fingerprint density at radius 3 is 1.79 bits per heavy atom. The molecule has 0 unspecified atom stereocenters. The van der Waals surface area contributed by atoms with E-state index in [0.717, 1.165) is 50.3 Å². The largest absolute Gasteiger partial charge is 1.00 e. The van der Waals surface area contributed by atoms with Gasteiger partial charge in [0.2, 0.25) is 0 Å². The monoisotopic (exact) mass is 425 g/mol. The summed E-state index contributed by atoms with van der Waals surface area (Å²) in [5.41, 5.74) is 6.52. The summed E-state index contributed by atoms with van der Waals surface area (Å²) in [7, 11) is 0. The minimum atomic E-state index is 0. The van der Waals surface area contributed by atoms with Gasteiger partial charge in [-0.15, -0.1) is 11.2 Å². The first-order valence-electron chi connectivity index (χ1n) is 10.8. The molecule has 1 aromatic heterocycles. The van der Waals surface area contributed by atoms with Gasteiger partial charge in [0.25, 0.3) is 0 Å². The van der Waals surface area contributed by atoms with Crippen LogP contribution < -0.4 is 33.3 Å². The topological polar surface area (TPSA) is 32.6 Å². The third-order valence-electron chi connectivity index (χ3n) is 5.58. The minimum absolute atomic E-state index is 0. The van der Waals surface area contributed by atoms with E-state index >= 15 is 0 Å². The maximum Gasteiger partial charge on any atom is 1.00 e. The van der Waals surface area contributed by atoms with E-state index in [0.29, 0.717) is 13.2 Å². The first kappa shape index (κ1) is 22.8. The van der Waals surface area contributed by atoms with Crippen LogP contribution in [0.2, 0.25) is 0 Å². The summed E-state index contributed by atoms with van der Waals surface area (Å²) in [4.78, 5) is 4.87. The van der Waals surface area contributed by atoms with Crippen molar-refractivity contribution in [2.45, 2.75) is 20.1 Å². The van der Waals surface area contributed by atoms with Gasteiger partial charge in [-0.05, 0) is 53.3 Å². The summed E-state index contributed by atoms with van der Waals surface area (Å²) in [6.45, 7) is 3.23. The number of hydrogen-bond acceptors (Lipinski definition) is 2. The summed E-state index contributed by atoms with van der Waals surface area (Å²) < 4.78 is 11.9. The van der Waals surface area contributed by atoms with Crippen molar-refractivity contribution in [1.29, 1.82) is 0 Å². The Morgan fingerprint density at radius 1 is 0.636 bits per heavy atom. The minimum Gasteiger partial charge on any atom is -0.657 e. The maximum absolute atomic E-state index is 6.00. The molecule has 0 aliphatic heterocycles. The van der Waals surface area contributed by atoms with Crippen LogP contribution in [0.1, 0.15) is 16.7 Å². The van der Waals surface area contributed by atoms with Crippen molar-refractivity contribution in [2.24, 2.45) is 0 Å². The zero-order valence-electron chi connectivity index (χ0n) is 19.0. The fourth-order valence-electron chi connectivity index (χ4n) is 3.81. The molecule has 5 rings (SSSR count). The van der Waals surface area contributed by atoms with Gasteiger partial charge in [-0.25, -0.2) is 0 Å². The van der Waals surface area contributed by atoms with Crippen molar-refractivity contribution in [1.82, 2.24) is 4.98 Å². The molecule has 5 aromatic rings. The van der Waals surface area contributed by atoms with Gasteiger partial charge < -0.3 is 14.5 Å². The molecule has 0 fully saturated rings. The van der Waals surface area contributed by atoms with Crippen LogP contribution in [0.25, 0.3) is 22.2 Å². The fraction of sp³-hybridized carbons (Fsp3) is 0.103. The normalized spacial score (nSPS) is 10.6. The van der Waals surface area contributed by atoms with Crippen molar-refractivity contribution in [3.05, 3.63) is 120 Å². The number of fused-ring (bicyclic) bond motifs is 1. The predicted octanol–water partition coefficient (Wildman–Crippen LogP) is 3.93. The molecule has 0 amide bonds. The van der Waals surface area contributed by atoms with Crippen LogP contribution in [0, 0.1) is 6.92 Å². The number of aryl methyl sites for hydroxylation is 1. The van der Waals surface area contributed by atoms with Crippen molar-refractivity contribution in [3.63, 3.8) is 0 Å². The molecule has 158 valence electrons. The molecule has 4 aromatic carbocycles. The average molecular weight is 425 g/mol. The second-order valence-corrected chi connectivity index (χ2v) is 7.84. The van der Waals surface area contributed by atoms with Gasteiger partial charge in [0.15, 0.2) is 0 Å². The first-order chi connectivity index (χ1) is 15.8. The van der Waals surface area contributed by atoms with Crippen LogP contribution in [-0.2, 0) is 13.2 Å². The van der Waals surface area contributed by atoms with Crippen LogP contribution >= 0.6 is 0 Å². The smallest absolute Gasteiger partial charge is 0.657 e. The Hall–Kier alpha value is -3.38. The summed E-state index contributed by atoms with van der Waals surface area (Å²) >= 11 is 0. The van der Waals surface area contributed by atoms with Crippen LogP contribution in [-0.4, -0.2) is 0 Å². The van der Waals surface area contributed by atoms with Crippen LogP contribution in [0.5, 0.6) is 11.5 Å². The summed E-state index contributed by atoms with van der Waals surface area (Å²) in [6.07, 6.45) is 0. The number of hydrogen-bond donors (Lipinski definition) is 0. The molecule has 33 heavy (non-hydrogen) atoms. The predicted molar refractivity (Wildman–Crippen MR) is 129 cm³/mol. The van der Waals surface area contributed by atoms with E-state index in [4.69, 9.17) is 14.5 Å². The summed E-state index contributed by atoms with van der Waals surface area (Å²) in [6, 6.07) is 34.6.